The Hall–Kier alpha value is -8.27. The number of rotatable bonds is 12. The summed E-state index contributed by atoms with van der Waals surface area (Å²) >= 11 is 0. The summed E-state index contributed by atoms with van der Waals surface area (Å²) in [6.45, 7) is 6.24. The van der Waals surface area contributed by atoms with Crippen LogP contribution in [0.5, 0.6) is 0 Å². The Morgan fingerprint density at radius 1 is 0.433 bits per heavy atom. The number of nitrogens with zero attached hydrogens (tertiary/aromatic N) is 2. The van der Waals surface area contributed by atoms with Gasteiger partial charge >= 0.3 is 0 Å². The van der Waals surface area contributed by atoms with Gasteiger partial charge in [-0.15, -0.1) is 0 Å². The molecule has 10 rings (SSSR count). The summed E-state index contributed by atoms with van der Waals surface area (Å²) in [6, 6.07) is 73.6. The molecule has 0 amide bonds. The Balaban J connectivity index is 1.15. The fourth-order valence-corrected chi connectivity index (χ4v) is 9.27. The summed E-state index contributed by atoms with van der Waals surface area (Å²) in [6.07, 6.45) is 6.64. The zero-order valence-electron chi connectivity index (χ0n) is 38.1. The van der Waals surface area contributed by atoms with Crippen LogP contribution < -0.4 is 0 Å². The molecule has 2 aromatic heterocycles. The number of carbonyl (C=O) groups is 1. The summed E-state index contributed by atoms with van der Waals surface area (Å²) in [4.78, 5) is 23.0. The van der Waals surface area contributed by atoms with Gasteiger partial charge in [0.1, 0.15) is 0 Å². The van der Waals surface area contributed by atoms with Crippen LogP contribution in [0.2, 0.25) is 0 Å². The molecular weight excluding hydrogens is 813 g/mol. The number of pyridine rings is 2. The first-order chi connectivity index (χ1) is 32.9. The van der Waals surface area contributed by atoms with E-state index in [0.717, 1.165) is 106 Å². The van der Waals surface area contributed by atoms with Crippen LogP contribution in [0.3, 0.4) is 0 Å². The number of allylic oxidation sites excluding steroid dienone is 2. The van der Waals surface area contributed by atoms with E-state index < -0.39 is 0 Å². The average molecular weight is 863 g/mol. The molecule has 0 aliphatic rings. The first-order valence-corrected chi connectivity index (χ1v) is 23.1. The number of benzene rings is 8. The van der Waals surface area contributed by atoms with E-state index in [4.69, 9.17) is 9.97 Å². The van der Waals surface area contributed by atoms with Crippen LogP contribution in [-0.4, -0.2) is 15.8 Å². The van der Waals surface area contributed by atoms with Crippen molar-refractivity contribution < 1.29 is 4.79 Å². The zero-order chi connectivity index (χ0) is 45.7. The van der Waals surface area contributed by atoms with Crippen LogP contribution in [0.4, 0.5) is 0 Å². The van der Waals surface area contributed by atoms with Crippen molar-refractivity contribution in [2.75, 3.05) is 0 Å². The minimum Gasteiger partial charge on any atom is -0.295 e. The summed E-state index contributed by atoms with van der Waals surface area (Å²) in [5, 5.41) is 1.13. The second-order valence-corrected chi connectivity index (χ2v) is 17.3. The van der Waals surface area contributed by atoms with Gasteiger partial charge in [0, 0.05) is 34.7 Å². The Morgan fingerprint density at radius 3 is 1.64 bits per heavy atom. The maximum Gasteiger partial charge on any atom is 0.155 e. The quantitative estimate of drug-likeness (QED) is 0.115. The maximum absolute atomic E-state index is 12.9. The predicted octanol–water partition coefficient (Wildman–Crippen LogP) is 16.7. The summed E-state index contributed by atoms with van der Waals surface area (Å²) in [5.41, 5.74) is 22.0. The van der Waals surface area contributed by atoms with Gasteiger partial charge in [-0.05, 0) is 148 Å². The van der Waals surface area contributed by atoms with E-state index in [1.807, 2.05) is 37.4 Å². The Bertz CT molecular complexity index is 3440. The van der Waals surface area contributed by atoms with Crippen LogP contribution in [0.15, 0.2) is 225 Å². The van der Waals surface area contributed by atoms with Crippen LogP contribution in [0.1, 0.15) is 30.0 Å². The highest BCUT2D eigenvalue weighted by atomic mass is 16.1. The number of para-hydroxylation sites is 1. The Kier molecular flexibility index (Phi) is 12.1. The molecule has 0 saturated heterocycles. The number of aryl methyl sites for hydroxylation is 3. The molecule has 0 saturated carbocycles. The molecule has 0 unspecified atom stereocenters. The predicted molar refractivity (Wildman–Crippen MR) is 281 cm³/mol. The first kappa shape index (κ1) is 42.7. The fourth-order valence-electron chi connectivity index (χ4n) is 9.27. The minimum absolute atomic E-state index is 0.132. The Labute approximate surface area is 393 Å². The molecular formula is C64H50N2O. The van der Waals surface area contributed by atoms with Gasteiger partial charge in [0.15, 0.2) is 5.78 Å². The first-order valence-electron chi connectivity index (χ1n) is 23.1. The number of hydrogen-bond acceptors (Lipinski definition) is 3. The monoisotopic (exact) mass is 862 g/mol. The summed E-state index contributed by atoms with van der Waals surface area (Å²) < 4.78 is 0. The SMILES string of the molecule is C/C=C/C(=O)CCc1cc(C)c(C)cc1-c1cc(-c2ccccc2-c2ccc(-c3ccc4ccccc4n3)cc2)cc(-c2ccccc2-c2cnc(-c3ccccc3)cc2-c2ccccc2)c1. The van der Waals surface area contributed by atoms with Crippen molar-refractivity contribution in [1.82, 2.24) is 9.97 Å². The lowest BCUT2D eigenvalue weighted by Gasteiger charge is -2.20. The average Bonchev–Trinajstić information content (AvgIpc) is 3.39. The van der Waals surface area contributed by atoms with Crippen molar-refractivity contribution in [2.45, 2.75) is 33.6 Å². The molecule has 67 heavy (non-hydrogen) atoms. The van der Waals surface area contributed by atoms with Gasteiger partial charge in [0.25, 0.3) is 0 Å². The van der Waals surface area contributed by atoms with Gasteiger partial charge in [-0.3, -0.25) is 9.78 Å². The van der Waals surface area contributed by atoms with Crippen molar-refractivity contribution in [1.29, 1.82) is 0 Å². The van der Waals surface area contributed by atoms with Gasteiger partial charge in [-0.1, -0.05) is 176 Å². The third-order valence-electron chi connectivity index (χ3n) is 12.9. The molecule has 10 aromatic rings. The van der Waals surface area contributed by atoms with E-state index >= 15 is 0 Å². The highest BCUT2D eigenvalue weighted by Gasteiger charge is 2.19. The number of carbonyl (C=O) groups excluding carboxylic acids is 1. The van der Waals surface area contributed by atoms with E-state index in [0.29, 0.717) is 12.8 Å². The van der Waals surface area contributed by atoms with Crippen molar-refractivity contribution in [3.05, 3.63) is 241 Å². The largest absolute Gasteiger partial charge is 0.295 e. The molecule has 2 heterocycles. The van der Waals surface area contributed by atoms with E-state index in [-0.39, 0.29) is 5.78 Å². The molecule has 0 radical (unpaired) electrons. The highest BCUT2D eigenvalue weighted by molar-refractivity contribution is 5.96. The van der Waals surface area contributed by atoms with Crippen LogP contribution >= 0.6 is 0 Å². The van der Waals surface area contributed by atoms with E-state index in [1.165, 1.54) is 11.1 Å². The Morgan fingerprint density at radius 2 is 0.955 bits per heavy atom. The molecule has 0 bridgehead atoms. The minimum atomic E-state index is 0.132. The van der Waals surface area contributed by atoms with Crippen LogP contribution in [0, 0.1) is 13.8 Å². The highest BCUT2D eigenvalue weighted by Crippen LogP contribution is 2.44. The lowest BCUT2D eigenvalue weighted by atomic mass is 9.85. The van der Waals surface area contributed by atoms with Crippen molar-refractivity contribution in [2.24, 2.45) is 0 Å². The molecule has 0 aliphatic heterocycles. The normalized spacial score (nSPS) is 11.3. The molecule has 3 heteroatoms. The van der Waals surface area contributed by atoms with Gasteiger partial charge in [0.2, 0.25) is 0 Å². The summed E-state index contributed by atoms with van der Waals surface area (Å²) in [5.74, 6) is 0.132. The fraction of sp³-hybridized carbons (Fsp3) is 0.0781. The number of ketones is 1. The number of fused-ring (bicyclic) bond motifs is 1. The van der Waals surface area contributed by atoms with Gasteiger partial charge in [-0.25, -0.2) is 4.98 Å². The molecule has 0 aliphatic carbocycles. The third kappa shape index (κ3) is 9.05. The second-order valence-electron chi connectivity index (χ2n) is 17.3. The zero-order valence-corrected chi connectivity index (χ0v) is 38.1. The molecule has 0 fully saturated rings. The second kappa shape index (κ2) is 19.1. The van der Waals surface area contributed by atoms with Gasteiger partial charge in [0.05, 0.1) is 16.9 Å². The standard InChI is InChI=1S/C64H50N2O/c1-4-17-54(67)34-32-50-36-43(2)44(3)37-59(50)53-39-51(56-24-13-12-23-55(56)46-28-30-49(31-29-46)63-35-33-48-22-11-16-27-62(48)66-63)38-52(40-53)57-25-14-15-26-58(57)61-42-65-64(47-20-9-6-10-21-47)41-60(61)45-18-7-5-8-19-45/h4-31,33,35-42H,32,34H2,1-3H3/b17-4+. The van der Waals surface area contributed by atoms with E-state index in [9.17, 15) is 4.79 Å². The topological polar surface area (TPSA) is 42.9 Å². The smallest absolute Gasteiger partial charge is 0.155 e. The lowest BCUT2D eigenvalue weighted by Crippen LogP contribution is -2.00. The van der Waals surface area contributed by atoms with Gasteiger partial charge < -0.3 is 0 Å². The van der Waals surface area contributed by atoms with E-state index in [1.54, 1.807) is 6.08 Å². The third-order valence-corrected chi connectivity index (χ3v) is 12.9. The molecule has 322 valence electrons. The molecule has 0 atom stereocenters. The molecule has 0 spiro atoms. The van der Waals surface area contributed by atoms with Crippen molar-refractivity contribution >= 4 is 16.7 Å². The summed E-state index contributed by atoms with van der Waals surface area (Å²) in [7, 11) is 0. The maximum atomic E-state index is 12.9. The van der Waals surface area contributed by atoms with Crippen molar-refractivity contribution in [3.8, 4) is 89.3 Å². The molecule has 0 N–H and O–H groups in total. The molecule has 3 nitrogen and oxygen atoms in total. The van der Waals surface area contributed by atoms with Crippen LogP contribution in [-0.2, 0) is 11.2 Å². The van der Waals surface area contributed by atoms with E-state index in [2.05, 4.69) is 202 Å². The van der Waals surface area contributed by atoms with Crippen molar-refractivity contribution in [3.63, 3.8) is 0 Å². The lowest BCUT2D eigenvalue weighted by molar-refractivity contribution is -0.114. The number of hydrogen-bond donors (Lipinski definition) is 0. The number of aromatic nitrogens is 2. The van der Waals surface area contributed by atoms with Crippen LogP contribution in [0.25, 0.3) is 100 Å². The van der Waals surface area contributed by atoms with Gasteiger partial charge in [-0.2, -0.15) is 0 Å². The molecule has 8 aromatic carbocycles.